The second kappa shape index (κ2) is 5.18. The Labute approximate surface area is 127 Å². The summed E-state index contributed by atoms with van der Waals surface area (Å²) in [6, 6.07) is 9.92. The molecule has 0 aliphatic carbocycles. The average molecular weight is 293 g/mol. The molecule has 0 saturated heterocycles. The Morgan fingerprint density at radius 2 is 2.18 bits per heavy atom. The van der Waals surface area contributed by atoms with Gasteiger partial charge in [-0.3, -0.25) is 4.98 Å². The van der Waals surface area contributed by atoms with Gasteiger partial charge in [0.15, 0.2) is 0 Å². The largest absolute Gasteiger partial charge is 0.493 e. The van der Waals surface area contributed by atoms with E-state index in [1.165, 1.54) is 5.56 Å². The quantitative estimate of drug-likeness (QED) is 0.780. The lowest BCUT2D eigenvalue weighted by Gasteiger charge is -2.06. The highest BCUT2D eigenvalue weighted by Crippen LogP contribution is 2.38. The molecule has 110 valence electrons. The SMILES string of the molecule is Cc1ccc2c(c1)-c1noc(Nc3cccnc3)c1CCO2. The van der Waals surface area contributed by atoms with Crippen molar-refractivity contribution in [3.05, 3.63) is 53.9 Å². The van der Waals surface area contributed by atoms with Crippen LogP contribution < -0.4 is 10.1 Å². The van der Waals surface area contributed by atoms with E-state index in [1.54, 1.807) is 12.4 Å². The summed E-state index contributed by atoms with van der Waals surface area (Å²) in [5.41, 5.74) is 4.90. The fraction of sp³-hybridized carbons (Fsp3) is 0.176. The lowest BCUT2D eigenvalue weighted by Crippen LogP contribution is -2.00. The van der Waals surface area contributed by atoms with Gasteiger partial charge in [0.25, 0.3) is 0 Å². The Morgan fingerprint density at radius 3 is 3.05 bits per heavy atom. The molecule has 0 bridgehead atoms. The van der Waals surface area contributed by atoms with Crippen molar-refractivity contribution in [2.24, 2.45) is 0 Å². The number of aryl methyl sites for hydroxylation is 1. The minimum absolute atomic E-state index is 0.603. The molecular formula is C17H15N3O2. The molecular weight excluding hydrogens is 278 g/mol. The number of ether oxygens (including phenoxy) is 1. The minimum atomic E-state index is 0.603. The third kappa shape index (κ3) is 2.20. The molecule has 0 fully saturated rings. The molecule has 5 heteroatoms. The van der Waals surface area contributed by atoms with Crippen LogP contribution in [0.4, 0.5) is 11.6 Å². The van der Waals surface area contributed by atoms with Crippen molar-refractivity contribution < 1.29 is 9.26 Å². The number of benzene rings is 1. The molecule has 2 aromatic heterocycles. The average Bonchev–Trinajstić information content (AvgIpc) is 2.83. The van der Waals surface area contributed by atoms with Crippen LogP contribution in [0.2, 0.25) is 0 Å². The second-order valence-corrected chi connectivity index (χ2v) is 5.30. The highest BCUT2D eigenvalue weighted by Gasteiger charge is 2.23. The van der Waals surface area contributed by atoms with E-state index in [0.717, 1.165) is 34.7 Å². The van der Waals surface area contributed by atoms with Crippen molar-refractivity contribution in [1.82, 2.24) is 10.1 Å². The van der Waals surface area contributed by atoms with E-state index in [0.29, 0.717) is 12.5 Å². The van der Waals surface area contributed by atoms with E-state index >= 15 is 0 Å². The first kappa shape index (κ1) is 12.9. The van der Waals surface area contributed by atoms with Crippen molar-refractivity contribution in [1.29, 1.82) is 0 Å². The molecule has 0 unspecified atom stereocenters. The summed E-state index contributed by atoms with van der Waals surface area (Å²) >= 11 is 0. The van der Waals surface area contributed by atoms with E-state index in [-0.39, 0.29) is 0 Å². The standard InChI is InChI=1S/C17H15N3O2/c1-11-4-5-15-14(9-11)16-13(6-8-21-15)17(22-20-16)19-12-3-2-7-18-10-12/h2-5,7,9-10,19H,6,8H2,1H3. The first-order valence-electron chi connectivity index (χ1n) is 7.21. The van der Waals surface area contributed by atoms with E-state index in [1.807, 2.05) is 24.3 Å². The predicted octanol–water partition coefficient (Wildman–Crippen LogP) is 3.72. The van der Waals surface area contributed by atoms with Crippen LogP contribution in [-0.2, 0) is 6.42 Å². The van der Waals surface area contributed by atoms with Crippen LogP contribution in [0.5, 0.6) is 5.75 Å². The number of hydrogen-bond donors (Lipinski definition) is 1. The highest BCUT2D eigenvalue weighted by molar-refractivity contribution is 5.75. The fourth-order valence-corrected chi connectivity index (χ4v) is 2.64. The van der Waals surface area contributed by atoms with Crippen LogP contribution in [-0.4, -0.2) is 16.7 Å². The molecule has 0 radical (unpaired) electrons. The van der Waals surface area contributed by atoms with Crippen molar-refractivity contribution in [2.45, 2.75) is 13.3 Å². The highest BCUT2D eigenvalue weighted by atomic mass is 16.5. The summed E-state index contributed by atoms with van der Waals surface area (Å²) < 4.78 is 11.4. The van der Waals surface area contributed by atoms with Gasteiger partial charge < -0.3 is 14.6 Å². The van der Waals surface area contributed by atoms with E-state index in [2.05, 4.69) is 28.4 Å². The van der Waals surface area contributed by atoms with Crippen LogP contribution in [0.25, 0.3) is 11.3 Å². The fourth-order valence-electron chi connectivity index (χ4n) is 2.64. The third-order valence-corrected chi connectivity index (χ3v) is 3.71. The van der Waals surface area contributed by atoms with Crippen molar-refractivity contribution in [3.63, 3.8) is 0 Å². The molecule has 1 aliphatic heterocycles. The molecule has 1 aliphatic rings. The van der Waals surface area contributed by atoms with Crippen LogP contribution >= 0.6 is 0 Å². The molecule has 0 amide bonds. The molecule has 4 rings (SSSR count). The maximum absolute atomic E-state index is 5.83. The number of fused-ring (bicyclic) bond motifs is 3. The Bertz CT molecular complexity index is 812. The molecule has 5 nitrogen and oxygen atoms in total. The van der Waals surface area contributed by atoms with Gasteiger partial charge in [0.1, 0.15) is 11.4 Å². The Kier molecular flexibility index (Phi) is 3.04. The van der Waals surface area contributed by atoms with E-state index in [4.69, 9.17) is 9.26 Å². The summed E-state index contributed by atoms with van der Waals surface area (Å²) in [6.07, 6.45) is 4.23. The Balaban J connectivity index is 1.78. The number of hydrogen-bond acceptors (Lipinski definition) is 5. The van der Waals surface area contributed by atoms with Crippen LogP contribution in [0.15, 0.2) is 47.2 Å². The smallest absolute Gasteiger partial charge is 0.233 e. The van der Waals surface area contributed by atoms with Crippen LogP contribution in [0.3, 0.4) is 0 Å². The third-order valence-electron chi connectivity index (χ3n) is 3.71. The Hall–Kier alpha value is -2.82. The number of nitrogens with one attached hydrogen (secondary N) is 1. The van der Waals surface area contributed by atoms with Crippen molar-refractivity contribution >= 4 is 11.6 Å². The number of rotatable bonds is 2. The normalized spacial score (nSPS) is 12.8. The van der Waals surface area contributed by atoms with Gasteiger partial charge >= 0.3 is 0 Å². The van der Waals surface area contributed by atoms with E-state index < -0.39 is 0 Å². The second-order valence-electron chi connectivity index (χ2n) is 5.30. The number of nitrogens with zero attached hydrogens (tertiary/aromatic N) is 2. The van der Waals surface area contributed by atoms with Gasteiger partial charge in [0.05, 0.1) is 18.5 Å². The van der Waals surface area contributed by atoms with Crippen LogP contribution in [0, 0.1) is 6.92 Å². The molecule has 3 aromatic rings. The maximum Gasteiger partial charge on any atom is 0.233 e. The molecule has 0 spiro atoms. The van der Waals surface area contributed by atoms with Gasteiger partial charge in [-0.05, 0) is 31.2 Å². The zero-order chi connectivity index (χ0) is 14.9. The van der Waals surface area contributed by atoms with Gasteiger partial charge in [0.2, 0.25) is 5.88 Å². The monoisotopic (exact) mass is 293 g/mol. The zero-order valence-electron chi connectivity index (χ0n) is 12.2. The molecule has 1 aromatic carbocycles. The summed E-state index contributed by atoms with van der Waals surface area (Å²) in [6.45, 7) is 2.66. The number of aromatic nitrogens is 2. The van der Waals surface area contributed by atoms with Gasteiger partial charge in [-0.15, -0.1) is 0 Å². The summed E-state index contributed by atoms with van der Waals surface area (Å²) in [4.78, 5) is 4.09. The zero-order valence-corrected chi connectivity index (χ0v) is 12.2. The lowest BCUT2D eigenvalue weighted by molar-refractivity contribution is 0.325. The molecule has 22 heavy (non-hydrogen) atoms. The molecule has 3 heterocycles. The van der Waals surface area contributed by atoms with Gasteiger partial charge in [-0.2, -0.15) is 0 Å². The molecule has 0 atom stereocenters. The first-order valence-corrected chi connectivity index (χ1v) is 7.21. The topological polar surface area (TPSA) is 60.2 Å². The number of anilines is 2. The van der Waals surface area contributed by atoms with Gasteiger partial charge in [-0.1, -0.05) is 16.8 Å². The van der Waals surface area contributed by atoms with Gasteiger partial charge in [-0.25, -0.2) is 0 Å². The van der Waals surface area contributed by atoms with Gasteiger partial charge in [0, 0.05) is 23.7 Å². The summed E-state index contributed by atoms with van der Waals surface area (Å²) in [7, 11) is 0. The maximum atomic E-state index is 5.83. The predicted molar refractivity (Wildman–Crippen MR) is 83.4 cm³/mol. The van der Waals surface area contributed by atoms with Crippen LogP contribution in [0.1, 0.15) is 11.1 Å². The minimum Gasteiger partial charge on any atom is -0.493 e. The first-order chi connectivity index (χ1) is 10.8. The summed E-state index contributed by atoms with van der Waals surface area (Å²) in [5, 5.41) is 7.50. The number of pyridine rings is 1. The van der Waals surface area contributed by atoms with E-state index in [9.17, 15) is 0 Å². The molecule has 1 N–H and O–H groups in total. The Morgan fingerprint density at radius 1 is 1.23 bits per heavy atom. The van der Waals surface area contributed by atoms with Crippen molar-refractivity contribution in [3.8, 4) is 17.0 Å². The lowest BCUT2D eigenvalue weighted by atomic mass is 10.0. The summed E-state index contributed by atoms with van der Waals surface area (Å²) in [5.74, 6) is 1.51. The molecule has 0 saturated carbocycles. The van der Waals surface area contributed by atoms with Crippen molar-refractivity contribution in [2.75, 3.05) is 11.9 Å².